The fourth-order valence-corrected chi connectivity index (χ4v) is 4.76. The standard InChI is InChI=1S/C26H25FN10O.C2H6/c27-19-5-4-18(25-29-7-14-38-25)15-20(19)35-11-8-34(9-12-35)10-13-36-16-30-22-23(36)32-26(28)37-24(22)31-21(33-37)6-3-17-1-2-17;1-2/h4-5,7,14-17H,1-2,8-13H2,(H2,28,32);1-2H3. The maximum absolute atomic E-state index is 14.6. The number of halogens is 1. The van der Waals surface area contributed by atoms with Gasteiger partial charge in [0.25, 0.3) is 0 Å². The van der Waals surface area contributed by atoms with E-state index >= 15 is 0 Å². The highest BCUT2D eigenvalue weighted by Crippen LogP contribution is 2.28. The van der Waals surface area contributed by atoms with Crippen LogP contribution in [0, 0.1) is 23.6 Å². The van der Waals surface area contributed by atoms with E-state index < -0.39 is 0 Å². The Balaban J connectivity index is 0.00000142. The molecule has 0 radical (unpaired) electrons. The molecule has 0 atom stereocenters. The summed E-state index contributed by atoms with van der Waals surface area (Å²) in [5.41, 5.74) is 9.42. The van der Waals surface area contributed by atoms with Crippen LogP contribution < -0.4 is 10.6 Å². The van der Waals surface area contributed by atoms with Crippen molar-refractivity contribution in [2.75, 3.05) is 43.4 Å². The molecule has 2 N–H and O–H groups in total. The van der Waals surface area contributed by atoms with Crippen molar-refractivity contribution < 1.29 is 8.81 Å². The molecule has 0 spiro atoms. The smallest absolute Gasteiger partial charge is 0.226 e. The van der Waals surface area contributed by atoms with Gasteiger partial charge in [-0.25, -0.2) is 14.4 Å². The third kappa shape index (κ3) is 5.08. The number of fused-ring (bicyclic) bond motifs is 3. The lowest BCUT2D eigenvalue weighted by molar-refractivity contribution is 0.248. The molecule has 0 amide bonds. The van der Waals surface area contributed by atoms with Crippen molar-refractivity contribution in [3.8, 4) is 23.3 Å². The summed E-state index contributed by atoms with van der Waals surface area (Å²) in [6.07, 6.45) is 7.14. The van der Waals surface area contributed by atoms with Crippen LogP contribution >= 0.6 is 0 Å². The van der Waals surface area contributed by atoms with Crippen molar-refractivity contribution in [3.05, 3.63) is 48.6 Å². The zero-order chi connectivity index (χ0) is 27.6. The number of nitrogen functional groups attached to an aromatic ring is 1. The molecule has 206 valence electrons. The lowest BCUT2D eigenvalue weighted by atomic mass is 10.1. The molecule has 5 heterocycles. The van der Waals surface area contributed by atoms with Crippen LogP contribution in [0.3, 0.4) is 0 Å². The number of hydrogen-bond donors (Lipinski definition) is 1. The predicted octanol–water partition coefficient (Wildman–Crippen LogP) is 3.46. The van der Waals surface area contributed by atoms with Crippen LogP contribution in [0.1, 0.15) is 32.5 Å². The number of nitrogens with two attached hydrogens (primary N) is 1. The van der Waals surface area contributed by atoms with Crippen LogP contribution in [-0.2, 0) is 6.54 Å². The average Bonchev–Trinajstić information content (AvgIpc) is 3.32. The number of aromatic nitrogens is 7. The molecule has 7 rings (SSSR count). The molecular formula is C28H31FN10O. The van der Waals surface area contributed by atoms with E-state index in [0.29, 0.717) is 59.8 Å². The Labute approximate surface area is 230 Å². The first kappa shape index (κ1) is 25.8. The molecule has 0 unspecified atom stereocenters. The highest BCUT2D eigenvalue weighted by molar-refractivity contribution is 5.86. The first-order valence-corrected chi connectivity index (χ1v) is 13.7. The SMILES string of the molecule is CC.Nc1nc2c(ncn2CCN2CCN(c3cc(-c4ncco4)ccc3F)CC2)c2nc(C#CC3CC3)nn12. The number of oxazole rings is 1. The number of anilines is 2. The van der Waals surface area contributed by atoms with E-state index in [1.165, 1.54) is 16.8 Å². The van der Waals surface area contributed by atoms with Gasteiger partial charge in [0.05, 0.1) is 18.2 Å². The number of hydrogen-bond acceptors (Lipinski definition) is 9. The van der Waals surface area contributed by atoms with Crippen molar-refractivity contribution in [1.82, 2.24) is 39.0 Å². The molecule has 1 saturated carbocycles. The van der Waals surface area contributed by atoms with Crippen LogP contribution in [0.4, 0.5) is 16.0 Å². The number of imidazole rings is 1. The fourth-order valence-electron chi connectivity index (χ4n) is 4.76. The Morgan fingerprint density at radius 3 is 2.62 bits per heavy atom. The Morgan fingerprint density at radius 2 is 1.88 bits per heavy atom. The zero-order valence-corrected chi connectivity index (χ0v) is 22.6. The van der Waals surface area contributed by atoms with Gasteiger partial charge >= 0.3 is 0 Å². The number of piperazine rings is 1. The molecule has 2 aliphatic rings. The molecule has 1 aliphatic heterocycles. The maximum Gasteiger partial charge on any atom is 0.226 e. The van der Waals surface area contributed by atoms with Crippen LogP contribution in [-0.4, -0.2) is 71.7 Å². The van der Waals surface area contributed by atoms with Gasteiger partial charge in [-0.15, -0.1) is 5.10 Å². The summed E-state index contributed by atoms with van der Waals surface area (Å²) in [5, 5.41) is 4.40. The van der Waals surface area contributed by atoms with Crippen molar-refractivity contribution in [3.63, 3.8) is 0 Å². The van der Waals surface area contributed by atoms with E-state index in [0.717, 1.165) is 38.0 Å². The molecule has 2 fully saturated rings. The van der Waals surface area contributed by atoms with E-state index in [1.807, 2.05) is 18.4 Å². The van der Waals surface area contributed by atoms with Crippen molar-refractivity contribution in [1.29, 1.82) is 0 Å². The first-order chi connectivity index (χ1) is 19.6. The van der Waals surface area contributed by atoms with Crippen molar-refractivity contribution in [2.45, 2.75) is 33.2 Å². The summed E-state index contributed by atoms with van der Waals surface area (Å²) >= 11 is 0. The monoisotopic (exact) mass is 542 g/mol. The van der Waals surface area contributed by atoms with E-state index in [4.69, 9.17) is 10.2 Å². The summed E-state index contributed by atoms with van der Waals surface area (Å²) < 4.78 is 23.5. The minimum Gasteiger partial charge on any atom is -0.445 e. The highest BCUT2D eigenvalue weighted by Gasteiger charge is 2.22. The summed E-state index contributed by atoms with van der Waals surface area (Å²) in [4.78, 5) is 22.3. The molecule has 11 nitrogen and oxygen atoms in total. The van der Waals surface area contributed by atoms with E-state index in [1.54, 1.807) is 24.7 Å². The maximum atomic E-state index is 14.6. The van der Waals surface area contributed by atoms with Crippen molar-refractivity contribution >= 4 is 28.4 Å². The zero-order valence-electron chi connectivity index (χ0n) is 22.6. The molecule has 40 heavy (non-hydrogen) atoms. The normalized spacial score (nSPS) is 15.6. The van der Waals surface area contributed by atoms with Gasteiger partial charge in [0, 0.05) is 50.7 Å². The summed E-state index contributed by atoms with van der Waals surface area (Å²) in [6, 6.07) is 4.96. The van der Waals surface area contributed by atoms with Gasteiger partial charge in [-0.2, -0.15) is 14.5 Å². The fraction of sp³-hybridized carbons (Fsp3) is 0.393. The van der Waals surface area contributed by atoms with Gasteiger partial charge in [-0.05, 0) is 37.0 Å². The van der Waals surface area contributed by atoms with Gasteiger partial charge in [0.15, 0.2) is 16.8 Å². The predicted molar refractivity (Wildman–Crippen MR) is 150 cm³/mol. The number of rotatable bonds is 5. The van der Waals surface area contributed by atoms with Gasteiger partial charge in [0.1, 0.15) is 12.1 Å². The molecule has 4 aromatic heterocycles. The van der Waals surface area contributed by atoms with E-state index in [-0.39, 0.29) is 11.8 Å². The Morgan fingerprint density at radius 1 is 1.05 bits per heavy atom. The second kappa shape index (κ2) is 10.9. The third-order valence-electron chi connectivity index (χ3n) is 7.03. The molecule has 1 aliphatic carbocycles. The summed E-state index contributed by atoms with van der Waals surface area (Å²) in [7, 11) is 0. The number of benzene rings is 1. The van der Waals surface area contributed by atoms with Gasteiger partial charge in [-0.1, -0.05) is 19.8 Å². The van der Waals surface area contributed by atoms with Crippen LogP contribution in [0.5, 0.6) is 0 Å². The van der Waals surface area contributed by atoms with Gasteiger partial charge < -0.3 is 19.6 Å². The lowest BCUT2D eigenvalue weighted by Gasteiger charge is -2.36. The van der Waals surface area contributed by atoms with Crippen LogP contribution in [0.2, 0.25) is 0 Å². The molecule has 0 bridgehead atoms. The van der Waals surface area contributed by atoms with Crippen LogP contribution in [0.25, 0.3) is 28.3 Å². The van der Waals surface area contributed by atoms with E-state index in [9.17, 15) is 4.39 Å². The minimum absolute atomic E-state index is 0.247. The molecule has 5 aromatic rings. The van der Waals surface area contributed by atoms with Gasteiger partial charge in [0.2, 0.25) is 17.7 Å². The summed E-state index contributed by atoms with van der Waals surface area (Å²) in [5.74, 6) is 7.60. The molecule has 1 aromatic carbocycles. The molecule has 1 saturated heterocycles. The summed E-state index contributed by atoms with van der Waals surface area (Å²) in [6.45, 7) is 8.54. The quantitative estimate of drug-likeness (QED) is 0.333. The van der Waals surface area contributed by atoms with Crippen molar-refractivity contribution in [2.24, 2.45) is 5.92 Å². The third-order valence-corrected chi connectivity index (χ3v) is 7.03. The average molecular weight is 543 g/mol. The highest BCUT2D eigenvalue weighted by atomic mass is 19.1. The largest absolute Gasteiger partial charge is 0.445 e. The molecule has 12 heteroatoms. The Bertz CT molecular complexity index is 1690. The Kier molecular flexibility index (Phi) is 7.04. The van der Waals surface area contributed by atoms with Crippen LogP contribution in [0.15, 0.2) is 41.4 Å². The van der Waals surface area contributed by atoms with Gasteiger partial charge in [-0.3, -0.25) is 4.90 Å². The Hall–Kier alpha value is -4.50. The molecular weight excluding hydrogens is 511 g/mol. The minimum atomic E-state index is -0.247. The second-order valence-corrected chi connectivity index (χ2v) is 9.63. The van der Waals surface area contributed by atoms with E-state index in [2.05, 4.69) is 46.7 Å². The number of nitrogens with zero attached hydrogens (tertiary/aromatic N) is 9. The lowest BCUT2D eigenvalue weighted by Crippen LogP contribution is -2.47. The topological polar surface area (TPSA) is 119 Å². The second-order valence-electron chi connectivity index (χ2n) is 9.63. The first-order valence-electron chi connectivity index (χ1n) is 13.7.